The minimum Gasteiger partial charge on any atom is -0.369 e. The molecule has 1 fully saturated rings. The zero-order valence-electron chi connectivity index (χ0n) is 14.4. The second-order valence-electron chi connectivity index (χ2n) is 6.11. The predicted molar refractivity (Wildman–Crippen MR) is 99.9 cm³/mol. The van der Waals surface area contributed by atoms with E-state index in [4.69, 9.17) is 5.26 Å². The maximum Gasteiger partial charge on any atom is 0.255 e. The third-order valence-electron chi connectivity index (χ3n) is 4.59. The van der Waals surface area contributed by atoms with Gasteiger partial charge in [0.25, 0.3) is 5.91 Å². The van der Waals surface area contributed by atoms with Gasteiger partial charge >= 0.3 is 0 Å². The third kappa shape index (κ3) is 4.17. The van der Waals surface area contributed by atoms with Gasteiger partial charge in [-0.1, -0.05) is 6.92 Å². The third-order valence-corrected chi connectivity index (χ3v) is 4.59. The number of anilines is 2. The summed E-state index contributed by atoms with van der Waals surface area (Å²) in [6.07, 6.45) is 0. The molecular formula is C20H22N4O. The molecule has 0 spiro atoms. The number of likely N-dealkylation sites (N-methyl/N-ethyl adjacent to an activating group) is 1. The van der Waals surface area contributed by atoms with Gasteiger partial charge in [0, 0.05) is 43.1 Å². The molecule has 128 valence electrons. The van der Waals surface area contributed by atoms with E-state index in [1.165, 1.54) is 5.69 Å². The number of carbonyl (C=O) groups excluding carboxylic acids is 1. The molecule has 0 radical (unpaired) electrons. The quantitative estimate of drug-likeness (QED) is 0.934. The summed E-state index contributed by atoms with van der Waals surface area (Å²) < 4.78 is 0. The summed E-state index contributed by atoms with van der Waals surface area (Å²) >= 11 is 0. The lowest BCUT2D eigenvalue weighted by atomic mass is 10.1. The van der Waals surface area contributed by atoms with Gasteiger partial charge in [-0.2, -0.15) is 5.26 Å². The predicted octanol–water partition coefficient (Wildman–Crippen LogP) is 2.95. The van der Waals surface area contributed by atoms with Crippen LogP contribution in [-0.4, -0.2) is 43.5 Å². The maximum atomic E-state index is 12.3. The van der Waals surface area contributed by atoms with Crippen molar-refractivity contribution in [2.75, 3.05) is 42.9 Å². The van der Waals surface area contributed by atoms with Gasteiger partial charge in [-0.05, 0) is 55.1 Å². The van der Waals surface area contributed by atoms with E-state index >= 15 is 0 Å². The average molecular weight is 334 g/mol. The van der Waals surface area contributed by atoms with E-state index in [1.807, 2.05) is 18.2 Å². The molecule has 5 heteroatoms. The lowest BCUT2D eigenvalue weighted by Gasteiger charge is -2.35. The van der Waals surface area contributed by atoms with E-state index in [0.717, 1.165) is 38.4 Å². The molecule has 0 bridgehead atoms. The van der Waals surface area contributed by atoms with Crippen LogP contribution in [0.4, 0.5) is 11.4 Å². The van der Waals surface area contributed by atoms with Crippen molar-refractivity contribution in [2.24, 2.45) is 0 Å². The van der Waals surface area contributed by atoms with Gasteiger partial charge in [0.05, 0.1) is 11.6 Å². The first-order valence-corrected chi connectivity index (χ1v) is 8.58. The second-order valence-corrected chi connectivity index (χ2v) is 6.11. The molecule has 0 aromatic heterocycles. The van der Waals surface area contributed by atoms with Gasteiger partial charge in [-0.15, -0.1) is 0 Å². The van der Waals surface area contributed by atoms with Crippen LogP contribution in [-0.2, 0) is 0 Å². The number of carbonyl (C=O) groups is 1. The van der Waals surface area contributed by atoms with Gasteiger partial charge in [0.1, 0.15) is 0 Å². The number of hydrogen-bond donors (Lipinski definition) is 1. The largest absolute Gasteiger partial charge is 0.369 e. The number of nitrogens with zero attached hydrogens (tertiary/aromatic N) is 3. The molecule has 25 heavy (non-hydrogen) atoms. The zero-order valence-corrected chi connectivity index (χ0v) is 14.4. The monoisotopic (exact) mass is 334 g/mol. The Morgan fingerprint density at radius 2 is 1.68 bits per heavy atom. The molecule has 0 atom stereocenters. The standard InChI is InChI=1S/C20H22N4O/c1-2-23-11-13-24(14-12-23)19-9-7-18(8-10-19)22-20(25)17-5-3-16(15-21)4-6-17/h3-10H,2,11-14H2,1H3,(H,22,25). The van der Waals surface area contributed by atoms with Gasteiger partial charge in [-0.25, -0.2) is 0 Å². The molecule has 0 aliphatic carbocycles. The molecule has 5 nitrogen and oxygen atoms in total. The van der Waals surface area contributed by atoms with Crippen molar-refractivity contribution in [3.05, 3.63) is 59.7 Å². The highest BCUT2D eigenvalue weighted by Crippen LogP contribution is 2.20. The summed E-state index contributed by atoms with van der Waals surface area (Å²) in [7, 11) is 0. The normalized spacial score (nSPS) is 14.8. The van der Waals surface area contributed by atoms with Gasteiger partial charge in [-0.3, -0.25) is 4.79 Å². The minimum absolute atomic E-state index is 0.172. The lowest BCUT2D eigenvalue weighted by molar-refractivity contribution is 0.102. The Labute approximate surface area is 148 Å². The fourth-order valence-electron chi connectivity index (χ4n) is 2.98. The fraction of sp³-hybridized carbons (Fsp3) is 0.300. The molecular weight excluding hydrogens is 312 g/mol. The van der Waals surface area contributed by atoms with E-state index in [0.29, 0.717) is 11.1 Å². The number of rotatable bonds is 4. The molecule has 0 unspecified atom stereocenters. The SMILES string of the molecule is CCN1CCN(c2ccc(NC(=O)c3ccc(C#N)cc3)cc2)CC1. The highest BCUT2D eigenvalue weighted by atomic mass is 16.1. The van der Waals surface area contributed by atoms with Crippen molar-refractivity contribution in [1.29, 1.82) is 5.26 Å². The van der Waals surface area contributed by atoms with E-state index in [1.54, 1.807) is 24.3 Å². The molecule has 1 saturated heterocycles. The van der Waals surface area contributed by atoms with Crippen molar-refractivity contribution in [3.8, 4) is 6.07 Å². The van der Waals surface area contributed by atoms with Crippen molar-refractivity contribution in [1.82, 2.24) is 4.90 Å². The molecule has 1 N–H and O–H groups in total. The highest BCUT2D eigenvalue weighted by molar-refractivity contribution is 6.04. The first-order chi connectivity index (χ1) is 12.2. The van der Waals surface area contributed by atoms with Crippen LogP contribution in [0.1, 0.15) is 22.8 Å². The topological polar surface area (TPSA) is 59.4 Å². The van der Waals surface area contributed by atoms with Crippen molar-refractivity contribution in [2.45, 2.75) is 6.92 Å². The maximum absolute atomic E-state index is 12.3. The molecule has 1 aliphatic rings. The van der Waals surface area contributed by atoms with Crippen molar-refractivity contribution >= 4 is 17.3 Å². The van der Waals surface area contributed by atoms with E-state index in [2.05, 4.69) is 34.2 Å². The Hall–Kier alpha value is -2.84. The van der Waals surface area contributed by atoms with Crippen LogP contribution in [0.25, 0.3) is 0 Å². The minimum atomic E-state index is -0.172. The molecule has 0 saturated carbocycles. The number of nitrogens with one attached hydrogen (secondary N) is 1. The summed E-state index contributed by atoms with van der Waals surface area (Å²) in [6, 6.07) is 16.6. The van der Waals surface area contributed by atoms with Gasteiger partial charge in [0.15, 0.2) is 0 Å². The molecule has 1 heterocycles. The number of piperazine rings is 1. The van der Waals surface area contributed by atoms with E-state index in [9.17, 15) is 4.79 Å². The van der Waals surface area contributed by atoms with Crippen LogP contribution < -0.4 is 10.2 Å². The Bertz CT molecular complexity index is 754. The number of hydrogen-bond acceptors (Lipinski definition) is 4. The number of nitriles is 1. The van der Waals surface area contributed by atoms with Crippen molar-refractivity contribution in [3.63, 3.8) is 0 Å². The number of amides is 1. The van der Waals surface area contributed by atoms with Crippen LogP contribution in [0.3, 0.4) is 0 Å². The molecule has 2 aromatic rings. The van der Waals surface area contributed by atoms with Crippen LogP contribution >= 0.6 is 0 Å². The lowest BCUT2D eigenvalue weighted by Crippen LogP contribution is -2.46. The Morgan fingerprint density at radius 3 is 2.24 bits per heavy atom. The summed E-state index contributed by atoms with van der Waals surface area (Å²) in [6.45, 7) is 7.55. The molecule has 2 aromatic carbocycles. The van der Waals surface area contributed by atoms with Gasteiger partial charge in [0.2, 0.25) is 0 Å². The molecule has 3 rings (SSSR count). The molecule has 1 aliphatic heterocycles. The zero-order chi connectivity index (χ0) is 17.6. The van der Waals surface area contributed by atoms with Crippen LogP contribution in [0.2, 0.25) is 0 Å². The fourth-order valence-corrected chi connectivity index (χ4v) is 2.98. The van der Waals surface area contributed by atoms with Crippen LogP contribution in [0.15, 0.2) is 48.5 Å². The number of benzene rings is 2. The smallest absolute Gasteiger partial charge is 0.255 e. The van der Waals surface area contributed by atoms with Crippen LogP contribution in [0.5, 0.6) is 0 Å². The summed E-state index contributed by atoms with van der Waals surface area (Å²) in [4.78, 5) is 17.1. The van der Waals surface area contributed by atoms with E-state index in [-0.39, 0.29) is 5.91 Å². The highest BCUT2D eigenvalue weighted by Gasteiger charge is 2.15. The molecule has 1 amide bonds. The van der Waals surface area contributed by atoms with Crippen LogP contribution in [0, 0.1) is 11.3 Å². The van der Waals surface area contributed by atoms with E-state index < -0.39 is 0 Å². The Morgan fingerprint density at radius 1 is 1.04 bits per heavy atom. The Kier molecular flexibility index (Phi) is 5.32. The summed E-state index contributed by atoms with van der Waals surface area (Å²) in [5.74, 6) is -0.172. The van der Waals surface area contributed by atoms with Crippen molar-refractivity contribution < 1.29 is 4.79 Å². The summed E-state index contributed by atoms with van der Waals surface area (Å²) in [5, 5.41) is 11.7. The summed E-state index contributed by atoms with van der Waals surface area (Å²) in [5.41, 5.74) is 3.04. The first-order valence-electron chi connectivity index (χ1n) is 8.58. The average Bonchev–Trinajstić information content (AvgIpc) is 2.68. The second kappa shape index (κ2) is 7.82. The Balaban J connectivity index is 1.60. The van der Waals surface area contributed by atoms with Gasteiger partial charge < -0.3 is 15.1 Å². The first kappa shape index (κ1) is 17.0.